The first-order chi connectivity index (χ1) is 10.9. The van der Waals surface area contributed by atoms with Crippen LogP contribution in [0.2, 0.25) is 0 Å². The summed E-state index contributed by atoms with van der Waals surface area (Å²) in [5, 5.41) is 3.52. The average molecular weight is 295 g/mol. The molecule has 0 aromatic heterocycles. The van der Waals surface area contributed by atoms with Crippen molar-refractivity contribution in [3.63, 3.8) is 0 Å². The lowest BCUT2D eigenvalue weighted by atomic mass is 10.0. The second-order valence-electron chi connectivity index (χ2n) is 6.14. The SMILES string of the molecule is c1ccc(Cc2ccc(COC[C@H]3CCCCN3)cc2)cc1. The summed E-state index contributed by atoms with van der Waals surface area (Å²) < 4.78 is 5.85. The van der Waals surface area contributed by atoms with E-state index in [1.165, 1.54) is 36.0 Å². The van der Waals surface area contributed by atoms with Crippen molar-refractivity contribution >= 4 is 0 Å². The van der Waals surface area contributed by atoms with E-state index in [4.69, 9.17) is 4.74 Å². The van der Waals surface area contributed by atoms with Gasteiger partial charge in [-0.2, -0.15) is 0 Å². The van der Waals surface area contributed by atoms with E-state index in [0.29, 0.717) is 12.6 Å². The zero-order valence-electron chi connectivity index (χ0n) is 13.1. The third-order valence-corrected chi connectivity index (χ3v) is 4.27. The Labute approximate surface area is 133 Å². The molecule has 0 saturated carbocycles. The molecule has 0 radical (unpaired) electrons. The van der Waals surface area contributed by atoms with Crippen LogP contribution in [0.25, 0.3) is 0 Å². The smallest absolute Gasteiger partial charge is 0.0717 e. The van der Waals surface area contributed by atoms with E-state index in [9.17, 15) is 0 Å². The molecule has 0 aliphatic carbocycles. The van der Waals surface area contributed by atoms with Crippen LogP contribution < -0.4 is 5.32 Å². The molecular weight excluding hydrogens is 270 g/mol. The van der Waals surface area contributed by atoms with E-state index >= 15 is 0 Å². The molecule has 0 unspecified atom stereocenters. The van der Waals surface area contributed by atoms with Crippen LogP contribution in [0.3, 0.4) is 0 Å². The van der Waals surface area contributed by atoms with Crippen LogP contribution in [0.5, 0.6) is 0 Å². The maximum absolute atomic E-state index is 5.85. The Morgan fingerprint density at radius 3 is 2.32 bits per heavy atom. The van der Waals surface area contributed by atoms with E-state index in [2.05, 4.69) is 59.9 Å². The van der Waals surface area contributed by atoms with Crippen LogP contribution in [0.15, 0.2) is 54.6 Å². The van der Waals surface area contributed by atoms with E-state index < -0.39 is 0 Å². The zero-order chi connectivity index (χ0) is 15.0. The Hall–Kier alpha value is -1.64. The summed E-state index contributed by atoms with van der Waals surface area (Å²) in [5.74, 6) is 0. The highest BCUT2D eigenvalue weighted by atomic mass is 16.5. The van der Waals surface area contributed by atoms with Gasteiger partial charge in [0, 0.05) is 6.04 Å². The molecule has 3 rings (SSSR count). The molecule has 2 heteroatoms. The van der Waals surface area contributed by atoms with Crippen LogP contribution >= 0.6 is 0 Å². The van der Waals surface area contributed by atoms with Gasteiger partial charge in [0.2, 0.25) is 0 Å². The quantitative estimate of drug-likeness (QED) is 0.871. The van der Waals surface area contributed by atoms with Crippen molar-refractivity contribution in [3.05, 3.63) is 71.3 Å². The third kappa shape index (κ3) is 4.69. The number of nitrogens with one attached hydrogen (secondary N) is 1. The Morgan fingerprint density at radius 2 is 1.59 bits per heavy atom. The standard InChI is InChI=1S/C20H25NO/c1-2-6-17(7-3-1)14-18-9-11-19(12-10-18)15-22-16-20-8-4-5-13-21-20/h1-3,6-7,9-12,20-21H,4-5,8,13-16H2/t20-/m1/s1. The van der Waals surface area contributed by atoms with Crippen molar-refractivity contribution in [2.24, 2.45) is 0 Å². The molecular formula is C20H25NO. The molecule has 2 aromatic carbocycles. The summed E-state index contributed by atoms with van der Waals surface area (Å²) in [6, 6.07) is 19.9. The van der Waals surface area contributed by atoms with Crippen molar-refractivity contribution in [1.29, 1.82) is 0 Å². The second-order valence-corrected chi connectivity index (χ2v) is 6.14. The summed E-state index contributed by atoms with van der Waals surface area (Å²) in [6.07, 6.45) is 4.87. The highest BCUT2D eigenvalue weighted by Gasteiger charge is 2.12. The minimum absolute atomic E-state index is 0.547. The summed E-state index contributed by atoms with van der Waals surface area (Å²) >= 11 is 0. The van der Waals surface area contributed by atoms with Gasteiger partial charge >= 0.3 is 0 Å². The maximum Gasteiger partial charge on any atom is 0.0717 e. The number of rotatable bonds is 6. The zero-order valence-corrected chi connectivity index (χ0v) is 13.1. The van der Waals surface area contributed by atoms with Crippen LogP contribution in [-0.2, 0) is 17.8 Å². The number of piperidine rings is 1. The molecule has 2 aromatic rings. The highest BCUT2D eigenvalue weighted by molar-refractivity contribution is 5.28. The minimum Gasteiger partial charge on any atom is -0.375 e. The molecule has 0 amide bonds. The predicted molar refractivity (Wildman–Crippen MR) is 91.0 cm³/mol. The van der Waals surface area contributed by atoms with E-state index in [1.54, 1.807) is 0 Å². The molecule has 1 fully saturated rings. The monoisotopic (exact) mass is 295 g/mol. The Bertz CT molecular complexity index is 544. The lowest BCUT2D eigenvalue weighted by molar-refractivity contribution is 0.0911. The lowest BCUT2D eigenvalue weighted by Gasteiger charge is -2.23. The van der Waals surface area contributed by atoms with E-state index in [-0.39, 0.29) is 0 Å². The molecule has 0 bridgehead atoms. The number of ether oxygens (including phenoxy) is 1. The summed E-state index contributed by atoms with van der Waals surface area (Å²) in [7, 11) is 0. The first-order valence-corrected chi connectivity index (χ1v) is 8.33. The Morgan fingerprint density at radius 1 is 0.864 bits per heavy atom. The molecule has 0 spiro atoms. The summed E-state index contributed by atoms with van der Waals surface area (Å²) in [4.78, 5) is 0. The van der Waals surface area contributed by atoms with Crippen LogP contribution in [0, 0.1) is 0 Å². The van der Waals surface area contributed by atoms with Crippen molar-refractivity contribution in [1.82, 2.24) is 5.32 Å². The van der Waals surface area contributed by atoms with Gasteiger partial charge < -0.3 is 10.1 Å². The first kappa shape index (κ1) is 15.3. The Kier molecular flexibility index (Phi) is 5.63. The van der Waals surface area contributed by atoms with Gasteiger partial charge in [-0.05, 0) is 42.5 Å². The molecule has 1 N–H and O–H groups in total. The van der Waals surface area contributed by atoms with Crippen molar-refractivity contribution < 1.29 is 4.74 Å². The van der Waals surface area contributed by atoms with Gasteiger partial charge in [0.1, 0.15) is 0 Å². The van der Waals surface area contributed by atoms with Crippen LogP contribution in [-0.4, -0.2) is 19.2 Å². The van der Waals surface area contributed by atoms with Crippen LogP contribution in [0.1, 0.15) is 36.0 Å². The van der Waals surface area contributed by atoms with E-state index in [0.717, 1.165) is 19.6 Å². The number of hydrogen-bond donors (Lipinski definition) is 1. The number of hydrogen-bond acceptors (Lipinski definition) is 2. The van der Waals surface area contributed by atoms with Gasteiger partial charge in [0.15, 0.2) is 0 Å². The summed E-state index contributed by atoms with van der Waals surface area (Å²) in [5.41, 5.74) is 3.96. The topological polar surface area (TPSA) is 21.3 Å². The largest absolute Gasteiger partial charge is 0.375 e. The van der Waals surface area contributed by atoms with Crippen LogP contribution in [0.4, 0.5) is 0 Å². The fourth-order valence-electron chi connectivity index (χ4n) is 2.97. The molecule has 1 heterocycles. The highest BCUT2D eigenvalue weighted by Crippen LogP contribution is 2.12. The van der Waals surface area contributed by atoms with E-state index in [1.807, 2.05) is 0 Å². The van der Waals surface area contributed by atoms with Crippen molar-refractivity contribution in [2.45, 2.75) is 38.3 Å². The molecule has 116 valence electrons. The lowest BCUT2D eigenvalue weighted by Crippen LogP contribution is -2.37. The third-order valence-electron chi connectivity index (χ3n) is 4.27. The van der Waals surface area contributed by atoms with Gasteiger partial charge in [-0.25, -0.2) is 0 Å². The fourth-order valence-corrected chi connectivity index (χ4v) is 2.97. The van der Waals surface area contributed by atoms with Crippen molar-refractivity contribution in [2.75, 3.05) is 13.2 Å². The molecule has 2 nitrogen and oxygen atoms in total. The predicted octanol–water partition coefficient (Wildman–Crippen LogP) is 3.94. The molecule has 1 atom stereocenters. The molecule has 1 aliphatic rings. The van der Waals surface area contributed by atoms with Gasteiger partial charge in [-0.3, -0.25) is 0 Å². The maximum atomic E-state index is 5.85. The first-order valence-electron chi connectivity index (χ1n) is 8.33. The Balaban J connectivity index is 1.45. The molecule has 22 heavy (non-hydrogen) atoms. The van der Waals surface area contributed by atoms with Gasteiger partial charge in [0.25, 0.3) is 0 Å². The normalized spacial score (nSPS) is 18.3. The van der Waals surface area contributed by atoms with Gasteiger partial charge in [-0.1, -0.05) is 61.0 Å². The average Bonchev–Trinajstić information content (AvgIpc) is 2.58. The summed E-state index contributed by atoms with van der Waals surface area (Å²) in [6.45, 7) is 2.68. The fraction of sp³-hybridized carbons (Fsp3) is 0.400. The number of benzene rings is 2. The van der Waals surface area contributed by atoms with Crippen molar-refractivity contribution in [3.8, 4) is 0 Å². The molecule has 1 aliphatic heterocycles. The van der Waals surface area contributed by atoms with Gasteiger partial charge in [0.05, 0.1) is 13.2 Å². The molecule has 1 saturated heterocycles. The van der Waals surface area contributed by atoms with Gasteiger partial charge in [-0.15, -0.1) is 0 Å². The minimum atomic E-state index is 0.547. The second kappa shape index (κ2) is 8.11.